The maximum absolute atomic E-state index is 10.2. The number of hydrogen-bond donors (Lipinski definition) is 3. The van der Waals surface area contributed by atoms with Crippen molar-refractivity contribution < 1.29 is 14.9 Å². The van der Waals surface area contributed by atoms with Gasteiger partial charge < -0.3 is 20.3 Å². The van der Waals surface area contributed by atoms with Gasteiger partial charge in [0.15, 0.2) is 23.2 Å². The van der Waals surface area contributed by atoms with E-state index < -0.39 is 24.5 Å². The molecule has 0 amide bonds. The van der Waals surface area contributed by atoms with E-state index in [0.717, 1.165) is 12.8 Å². The first-order chi connectivity index (χ1) is 11.7. The van der Waals surface area contributed by atoms with Gasteiger partial charge in [-0.05, 0) is 12.8 Å². The second-order valence-corrected chi connectivity index (χ2v) is 6.27. The Kier molecular flexibility index (Phi) is 3.84. The molecule has 2 aromatic heterocycles. The largest absolute Gasteiger partial charge is 0.386 e. The van der Waals surface area contributed by atoms with Gasteiger partial charge in [0.2, 0.25) is 0 Å². The zero-order valence-corrected chi connectivity index (χ0v) is 13.0. The molecule has 0 spiro atoms. The first-order valence-electron chi connectivity index (χ1n) is 8.11. The fourth-order valence-electron chi connectivity index (χ4n) is 3.43. The van der Waals surface area contributed by atoms with E-state index in [4.69, 9.17) is 11.2 Å². The van der Waals surface area contributed by atoms with Gasteiger partial charge in [0, 0.05) is 6.04 Å². The van der Waals surface area contributed by atoms with Crippen molar-refractivity contribution >= 4 is 17.0 Å². The molecule has 3 N–H and O–H groups in total. The van der Waals surface area contributed by atoms with Crippen LogP contribution >= 0.6 is 0 Å². The van der Waals surface area contributed by atoms with Crippen LogP contribution in [0, 0.1) is 12.3 Å². The first-order valence-corrected chi connectivity index (χ1v) is 8.11. The number of rotatable bonds is 3. The summed E-state index contributed by atoms with van der Waals surface area (Å²) >= 11 is 0. The first kappa shape index (κ1) is 15.3. The summed E-state index contributed by atoms with van der Waals surface area (Å²) in [4.78, 5) is 12.9. The summed E-state index contributed by atoms with van der Waals surface area (Å²) in [5.74, 6) is 3.01. The molecule has 0 aromatic carbocycles. The van der Waals surface area contributed by atoms with E-state index in [0.29, 0.717) is 23.0 Å². The third-order valence-electron chi connectivity index (χ3n) is 4.73. The van der Waals surface area contributed by atoms with Crippen molar-refractivity contribution in [2.24, 2.45) is 0 Å². The quantitative estimate of drug-likeness (QED) is 0.701. The van der Waals surface area contributed by atoms with E-state index in [1.54, 1.807) is 4.57 Å². The van der Waals surface area contributed by atoms with Crippen LogP contribution in [0.1, 0.15) is 31.9 Å². The Morgan fingerprint density at radius 1 is 1.21 bits per heavy atom. The standard InChI is InChI=1S/C16H19N5O3/c1-2-10-12(22)13(23)16(24-10)21-8-19-11-14(17-7-18-15(11)21)20-9-5-3-4-6-9/h1,7-10,12-13,16,22-23H,3-6H2,(H,17,18,20)/t10-,12-,13-,16?/m1/s1. The third-order valence-corrected chi connectivity index (χ3v) is 4.73. The maximum Gasteiger partial charge on any atom is 0.167 e. The van der Waals surface area contributed by atoms with Crippen molar-refractivity contribution in [3.8, 4) is 12.3 Å². The van der Waals surface area contributed by atoms with E-state index in [1.807, 2.05) is 0 Å². The number of nitrogens with zero attached hydrogens (tertiary/aromatic N) is 4. The predicted molar refractivity (Wildman–Crippen MR) is 86.0 cm³/mol. The highest BCUT2D eigenvalue weighted by Crippen LogP contribution is 2.32. The summed E-state index contributed by atoms with van der Waals surface area (Å²) in [5, 5.41) is 23.6. The van der Waals surface area contributed by atoms with Crippen molar-refractivity contribution in [2.45, 2.75) is 56.3 Å². The minimum absolute atomic E-state index is 0.397. The Labute approximate surface area is 138 Å². The summed E-state index contributed by atoms with van der Waals surface area (Å²) in [6, 6.07) is 0.397. The molecular weight excluding hydrogens is 310 g/mol. The van der Waals surface area contributed by atoms with Crippen molar-refractivity contribution in [3.63, 3.8) is 0 Å². The van der Waals surface area contributed by atoms with E-state index in [-0.39, 0.29) is 0 Å². The van der Waals surface area contributed by atoms with Crippen LogP contribution in [0.5, 0.6) is 0 Å². The molecule has 1 aliphatic heterocycles. The summed E-state index contributed by atoms with van der Waals surface area (Å²) in [7, 11) is 0. The van der Waals surface area contributed by atoms with Crippen molar-refractivity contribution in [2.75, 3.05) is 5.32 Å². The number of fused-ring (bicyclic) bond motifs is 1. The molecule has 2 aromatic rings. The van der Waals surface area contributed by atoms with Gasteiger partial charge in [0.25, 0.3) is 0 Å². The molecule has 126 valence electrons. The van der Waals surface area contributed by atoms with Gasteiger partial charge in [-0.1, -0.05) is 18.8 Å². The lowest BCUT2D eigenvalue weighted by molar-refractivity contribution is -0.0230. The monoisotopic (exact) mass is 329 g/mol. The molecule has 24 heavy (non-hydrogen) atoms. The van der Waals surface area contributed by atoms with Gasteiger partial charge in [0.05, 0.1) is 6.33 Å². The number of anilines is 1. The Bertz CT molecular complexity index is 780. The molecule has 1 saturated heterocycles. The number of imidazole rings is 1. The molecule has 1 saturated carbocycles. The van der Waals surface area contributed by atoms with Crippen LogP contribution in [0.4, 0.5) is 5.82 Å². The van der Waals surface area contributed by atoms with Crippen molar-refractivity contribution in [1.29, 1.82) is 0 Å². The maximum atomic E-state index is 10.2. The number of ether oxygens (including phenoxy) is 1. The molecule has 0 bridgehead atoms. The summed E-state index contributed by atoms with van der Waals surface area (Å²) in [6.45, 7) is 0. The second kappa shape index (κ2) is 6.02. The van der Waals surface area contributed by atoms with E-state index in [1.165, 1.54) is 25.5 Å². The van der Waals surface area contributed by atoms with Gasteiger partial charge in [-0.3, -0.25) is 4.57 Å². The Balaban J connectivity index is 1.67. The molecule has 2 aliphatic rings. The number of aliphatic hydroxyl groups excluding tert-OH is 2. The molecule has 1 unspecified atom stereocenters. The second-order valence-electron chi connectivity index (χ2n) is 6.27. The number of aromatic nitrogens is 4. The fourth-order valence-corrected chi connectivity index (χ4v) is 3.43. The van der Waals surface area contributed by atoms with E-state index >= 15 is 0 Å². The number of nitrogens with one attached hydrogen (secondary N) is 1. The molecule has 2 fully saturated rings. The average molecular weight is 329 g/mol. The zero-order chi connectivity index (χ0) is 16.7. The lowest BCUT2D eigenvalue weighted by atomic mass is 10.1. The molecule has 8 nitrogen and oxygen atoms in total. The summed E-state index contributed by atoms with van der Waals surface area (Å²) < 4.78 is 7.15. The summed E-state index contributed by atoms with van der Waals surface area (Å²) in [5.41, 5.74) is 1.14. The highest BCUT2D eigenvalue weighted by atomic mass is 16.6. The van der Waals surface area contributed by atoms with Gasteiger partial charge in [-0.2, -0.15) is 0 Å². The van der Waals surface area contributed by atoms with Crippen LogP contribution in [0.3, 0.4) is 0 Å². The molecule has 3 heterocycles. The topological polar surface area (TPSA) is 105 Å². The normalized spacial score (nSPS) is 30.7. The lowest BCUT2D eigenvalue weighted by Gasteiger charge is -2.16. The highest BCUT2D eigenvalue weighted by molar-refractivity contribution is 5.82. The molecule has 4 atom stereocenters. The van der Waals surface area contributed by atoms with Gasteiger partial charge in [-0.25, -0.2) is 15.0 Å². The Morgan fingerprint density at radius 2 is 2.00 bits per heavy atom. The van der Waals surface area contributed by atoms with Crippen LogP contribution in [-0.4, -0.2) is 54.1 Å². The average Bonchev–Trinajstić information content (AvgIpc) is 3.30. The van der Waals surface area contributed by atoms with E-state index in [2.05, 4.69) is 26.2 Å². The molecule has 0 radical (unpaired) electrons. The number of aliphatic hydroxyl groups is 2. The van der Waals surface area contributed by atoms with Crippen molar-refractivity contribution in [3.05, 3.63) is 12.7 Å². The number of terminal acetylenes is 1. The highest BCUT2D eigenvalue weighted by Gasteiger charge is 2.43. The Hall–Kier alpha value is -2.21. The molecule has 8 heteroatoms. The van der Waals surface area contributed by atoms with Crippen LogP contribution in [0.2, 0.25) is 0 Å². The van der Waals surface area contributed by atoms with Crippen LogP contribution < -0.4 is 5.32 Å². The molecular formula is C16H19N5O3. The van der Waals surface area contributed by atoms with Crippen LogP contribution in [-0.2, 0) is 4.74 Å². The fraction of sp³-hybridized carbons (Fsp3) is 0.562. The lowest BCUT2D eigenvalue weighted by Crippen LogP contribution is -2.30. The van der Waals surface area contributed by atoms with E-state index in [9.17, 15) is 10.2 Å². The van der Waals surface area contributed by atoms with Gasteiger partial charge >= 0.3 is 0 Å². The Morgan fingerprint density at radius 3 is 2.71 bits per heavy atom. The van der Waals surface area contributed by atoms with Crippen LogP contribution in [0.25, 0.3) is 11.2 Å². The third kappa shape index (κ3) is 2.41. The van der Waals surface area contributed by atoms with Crippen LogP contribution in [0.15, 0.2) is 12.7 Å². The number of hydrogen-bond acceptors (Lipinski definition) is 7. The molecule has 1 aliphatic carbocycles. The SMILES string of the molecule is C#C[C@H]1OC(n2cnc3c(NC4CCCC4)ncnc32)[C@H](O)[C@@H]1O. The minimum Gasteiger partial charge on any atom is -0.386 e. The minimum atomic E-state index is -1.15. The summed E-state index contributed by atoms with van der Waals surface area (Å²) in [6.07, 6.45) is 8.98. The van der Waals surface area contributed by atoms with Gasteiger partial charge in [0.1, 0.15) is 24.6 Å². The predicted octanol–water partition coefficient (Wildman–Crippen LogP) is 0.433. The zero-order valence-electron chi connectivity index (χ0n) is 13.0. The molecule has 4 rings (SSSR count). The van der Waals surface area contributed by atoms with Crippen molar-refractivity contribution in [1.82, 2.24) is 19.5 Å². The van der Waals surface area contributed by atoms with Gasteiger partial charge in [-0.15, -0.1) is 6.42 Å². The smallest absolute Gasteiger partial charge is 0.167 e.